The van der Waals surface area contributed by atoms with Crippen LogP contribution in [-0.4, -0.2) is 40.7 Å². The Labute approximate surface area is 152 Å². The van der Waals surface area contributed by atoms with Gasteiger partial charge in [-0.05, 0) is 50.0 Å². The summed E-state index contributed by atoms with van der Waals surface area (Å²) in [5, 5.41) is 15.1. The number of hydrogen-bond donors (Lipinski definition) is 3. The maximum absolute atomic E-state index is 12.2. The number of anilines is 1. The molecule has 7 nitrogen and oxygen atoms in total. The third-order valence-corrected chi connectivity index (χ3v) is 5.59. The lowest BCUT2D eigenvalue weighted by Gasteiger charge is -2.31. The van der Waals surface area contributed by atoms with Crippen molar-refractivity contribution in [3.05, 3.63) is 23.9 Å². The Morgan fingerprint density at radius 1 is 1.27 bits per heavy atom. The molecule has 0 aliphatic carbocycles. The summed E-state index contributed by atoms with van der Waals surface area (Å²) in [5.41, 5.74) is 2.83. The van der Waals surface area contributed by atoms with Gasteiger partial charge in [0, 0.05) is 30.6 Å². The third kappa shape index (κ3) is 3.07. The van der Waals surface area contributed by atoms with Crippen molar-refractivity contribution in [3.8, 4) is 0 Å². The van der Waals surface area contributed by atoms with E-state index in [1.807, 2.05) is 17.8 Å². The monoisotopic (exact) mass is 355 g/mol. The lowest BCUT2D eigenvalue weighted by molar-refractivity contribution is -0.134. The molecule has 7 heteroatoms. The van der Waals surface area contributed by atoms with Gasteiger partial charge in [0.25, 0.3) is 0 Å². The molecule has 1 aromatic carbocycles. The number of aryl methyl sites for hydroxylation is 1. The second-order valence-corrected chi connectivity index (χ2v) is 7.47. The summed E-state index contributed by atoms with van der Waals surface area (Å²) in [6.45, 7) is 4.33. The molecule has 2 aliphatic rings. The predicted octanol–water partition coefficient (Wildman–Crippen LogP) is 1.50. The summed E-state index contributed by atoms with van der Waals surface area (Å²) < 4.78 is 1.82. The van der Waals surface area contributed by atoms with E-state index < -0.39 is 0 Å². The minimum Gasteiger partial charge on any atom is -0.382 e. The first-order valence-electron chi connectivity index (χ1n) is 9.30. The van der Waals surface area contributed by atoms with E-state index >= 15 is 0 Å². The van der Waals surface area contributed by atoms with Crippen LogP contribution in [0.2, 0.25) is 0 Å². The summed E-state index contributed by atoms with van der Waals surface area (Å²) in [4.78, 5) is 23.6. The molecule has 0 spiro atoms. The highest BCUT2D eigenvalue weighted by Crippen LogP contribution is 2.32. The number of carbonyl (C=O) groups is 2. The fourth-order valence-electron chi connectivity index (χ4n) is 4.03. The third-order valence-electron chi connectivity index (χ3n) is 5.59. The Bertz CT molecular complexity index is 859. The normalized spacial score (nSPS) is 26.8. The Kier molecular flexibility index (Phi) is 4.40. The van der Waals surface area contributed by atoms with E-state index in [1.165, 1.54) is 0 Å². The van der Waals surface area contributed by atoms with Crippen molar-refractivity contribution in [2.45, 2.75) is 38.1 Å². The first-order valence-corrected chi connectivity index (χ1v) is 9.30. The first kappa shape index (κ1) is 17.0. The van der Waals surface area contributed by atoms with Crippen molar-refractivity contribution in [3.63, 3.8) is 0 Å². The number of rotatable bonds is 3. The fourth-order valence-corrected chi connectivity index (χ4v) is 4.03. The van der Waals surface area contributed by atoms with Gasteiger partial charge in [-0.25, -0.2) is 0 Å². The van der Waals surface area contributed by atoms with Gasteiger partial charge in [0.1, 0.15) is 0 Å². The smallest absolute Gasteiger partial charge is 0.235 e. The molecule has 0 radical (unpaired) electrons. The van der Waals surface area contributed by atoms with Crippen LogP contribution < -0.4 is 16.0 Å². The molecule has 0 saturated carbocycles. The summed E-state index contributed by atoms with van der Waals surface area (Å²) in [7, 11) is 1.90. The molecule has 3 N–H and O–H groups in total. The van der Waals surface area contributed by atoms with Gasteiger partial charge in [-0.15, -0.1) is 0 Å². The largest absolute Gasteiger partial charge is 0.382 e. The van der Waals surface area contributed by atoms with Crippen molar-refractivity contribution in [1.82, 2.24) is 20.4 Å². The number of benzene rings is 1. The van der Waals surface area contributed by atoms with E-state index in [0.29, 0.717) is 24.8 Å². The number of amides is 2. The second kappa shape index (κ2) is 6.72. The van der Waals surface area contributed by atoms with E-state index in [1.54, 1.807) is 0 Å². The van der Waals surface area contributed by atoms with E-state index in [-0.39, 0.29) is 17.7 Å². The van der Waals surface area contributed by atoms with Crippen LogP contribution in [0.5, 0.6) is 0 Å². The molecule has 0 bridgehead atoms. The Hall–Kier alpha value is -2.41. The van der Waals surface area contributed by atoms with Crippen molar-refractivity contribution in [1.29, 1.82) is 0 Å². The topological polar surface area (TPSA) is 88.0 Å². The highest BCUT2D eigenvalue weighted by atomic mass is 16.2. The van der Waals surface area contributed by atoms with Crippen LogP contribution in [0.25, 0.3) is 10.9 Å². The second-order valence-electron chi connectivity index (χ2n) is 7.47. The maximum atomic E-state index is 12.2. The zero-order chi connectivity index (χ0) is 18.3. The first-order chi connectivity index (χ1) is 12.5. The average Bonchev–Trinajstić information content (AvgIpc) is 2.93. The van der Waals surface area contributed by atoms with Crippen molar-refractivity contribution < 1.29 is 9.59 Å². The van der Waals surface area contributed by atoms with Gasteiger partial charge in [0.15, 0.2) is 0 Å². The summed E-state index contributed by atoms with van der Waals surface area (Å²) in [5.74, 6) is -0.231. The molecule has 1 aromatic heterocycles. The molecule has 4 rings (SSSR count). The summed E-state index contributed by atoms with van der Waals surface area (Å²) in [6, 6.07) is 6.66. The molecule has 2 fully saturated rings. The molecule has 2 amide bonds. The maximum Gasteiger partial charge on any atom is 0.235 e. The highest BCUT2D eigenvalue weighted by molar-refractivity contribution is 6.02. The fraction of sp³-hybridized carbons (Fsp3) is 0.526. The van der Waals surface area contributed by atoms with Crippen LogP contribution in [0.4, 0.5) is 5.69 Å². The van der Waals surface area contributed by atoms with Crippen molar-refractivity contribution >= 4 is 28.4 Å². The molecular weight excluding hydrogens is 330 g/mol. The van der Waals surface area contributed by atoms with Gasteiger partial charge < -0.3 is 10.6 Å². The van der Waals surface area contributed by atoms with E-state index in [4.69, 9.17) is 0 Å². The van der Waals surface area contributed by atoms with Gasteiger partial charge in [-0.2, -0.15) is 5.10 Å². The van der Waals surface area contributed by atoms with E-state index in [0.717, 1.165) is 41.8 Å². The number of hydrogen-bond acceptors (Lipinski definition) is 5. The number of imide groups is 1. The molecule has 3 heterocycles. The zero-order valence-corrected chi connectivity index (χ0v) is 15.2. The molecule has 26 heavy (non-hydrogen) atoms. The molecule has 1 unspecified atom stereocenters. The van der Waals surface area contributed by atoms with Crippen molar-refractivity contribution in [2.24, 2.45) is 13.0 Å². The Morgan fingerprint density at radius 2 is 2.12 bits per heavy atom. The molecule has 2 saturated heterocycles. The van der Waals surface area contributed by atoms with Crippen LogP contribution >= 0.6 is 0 Å². The minimum atomic E-state index is -0.361. The highest BCUT2D eigenvalue weighted by Gasteiger charge is 2.31. The number of aromatic nitrogens is 2. The number of fused-ring (bicyclic) bond motifs is 1. The van der Waals surface area contributed by atoms with Gasteiger partial charge in [0.05, 0.1) is 17.1 Å². The quantitative estimate of drug-likeness (QED) is 0.727. The molecule has 138 valence electrons. The lowest BCUT2D eigenvalue weighted by atomic mass is 9.92. The SMILES string of the molecule is C[C@@H]1CNCC[C@@H]1Nc1ccc2c(C3CCC(=O)NC3=O)nn(C)c2c1. The Balaban J connectivity index is 1.62. The predicted molar refractivity (Wildman–Crippen MR) is 99.9 cm³/mol. The minimum absolute atomic E-state index is 0.200. The van der Waals surface area contributed by atoms with Crippen LogP contribution in [0, 0.1) is 5.92 Å². The number of nitrogens with one attached hydrogen (secondary N) is 3. The van der Waals surface area contributed by atoms with Crippen LogP contribution in [0.15, 0.2) is 18.2 Å². The van der Waals surface area contributed by atoms with Gasteiger partial charge in [-0.1, -0.05) is 6.92 Å². The molecule has 2 aromatic rings. The number of nitrogens with zero attached hydrogens (tertiary/aromatic N) is 2. The average molecular weight is 355 g/mol. The number of carbonyl (C=O) groups excluding carboxylic acids is 2. The van der Waals surface area contributed by atoms with Crippen LogP contribution in [-0.2, 0) is 16.6 Å². The van der Waals surface area contributed by atoms with Crippen LogP contribution in [0.1, 0.15) is 37.8 Å². The van der Waals surface area contributed by atoms with Gasteiger partial charge in [0.2, 0.25) is 11.8 Å². The zero-order valence-electron chi connectivity index (χ0n) is 15.2. The molecule has 3 atom stereocenters. The van der Waals surface area contributed by atoms with Crippen molar-refractivity contribution in [2.75, 3.05) is 18.4 Å². The lowest BCUT2D eigenvalue weighted by Crippen LogP contribution is -2.42. The Morgan fingerprint density at radius 3 is 2.88 bits per heavy atom. The van der Waals surface area contributed by atoms with E-state index in [9.17, 15) is 9.59 Å². The van der Waals surface area contributed by atoms with E-state index in [2.05, 4.69) is 40.1 Å². The van der Waals surface area contributed by atoms with Gasteiger partial charge >= 0.3 is 0 Å². The standard InChI is InChI=1S/C19H25N5O2/c1-11-10-20-8-7-15(11)21-12-3-4-13-16(9-12)24(2)23-18(13)14-5-6-17(25)22-19(14)26/h3-4,9,11,14-15,20-21H,5-8,10H2,1-2H3,(H,22,25,26)/t11-,14?,15+/m1/s1. The van der Waals surface area contributed by atoms with Gasteiger partial charge in [-0.3, -0.25) is 19.6 Å². The number of piperidine rings is 2. The molecular formula is C19H25N5O2. The van der Waals surface area contributed by atoms with Crippen LogP contribution in [0.3, 0.4) is 0 Å². The molecule has 2 aliphatic heterocycles. The summed E-state index contributed by atoms with van der Waals surface area (Å²) in [6.07, 6.45) is 1.98. The summed E-state index contributed by atoms with van der Waals surface area (Å²) >= 11 is 0.